The van der Waals surface area contributed by atoms with E-state index in [2.05, 4.69) is 0 Å². The van der Waals surface area contributed by atoms with Crippen molar-refractivity contribution in [2.45, 2.75) is 0 Å². The van der Waals surface area contributed by atoms with Crippen LogP contribution in [0.1, 0.15) is 0 Å². The van der Waals surface area contributed by atoms with Crippen LogP contribution in [0, 0.1) is 0 Å². The van der Waals surface area contributed by atoms with Crippen molar-refractivity contribution < 1.29 is 23.7 Å². The molecule has 112 valence electrons. The quantitative estimate of drug-likeness (QED) is 0.814. The zero-order chi connectivity index (χ0) is 15.2. The zero-order valence-corrected chi connectivity index (χ0v) is 12.5. The lowest BCUT2D eigenvalue weighted by Crippen LogP contribution is -2.00. The monoisotopic (exact) mass is 290 g/mol. The second kappa shape index (κ2) is 6.74. The van der Waals surface area contributed by atoms with Crippen LogP contribution in [0.15, 0.2) is 36.4 Å². The summed E-state index contributed by atoms with van der Waals surface area (Å²) in [6.07, 6.45) is 0. The number of benzene rings is 2. The van der Waals surface area contributed by atoms with Gasteiger partial charge < -0.3 is 23.7 Å². The highest BCUT2D eigenvalue weighted by Gasteiger charge is 2.22. The molecule has 21 heavy (non-hydrogen) atoms. The molecule has 0 saturated carbocycles. The van der Waals surface area contributed by atoms with E-state index in [9.17, 15) is 0 Å². The predicted octanol–water partition coefficient (Wildman–Crippen LogP) is 3.51. The predicted molar refractivity (Wildman–Crippen MR) is 79.2 cm³/mol. The fraction of sp³-hybridized carbons (Fsp3) is 0.250. The number of hydrogen-bond acceptors (Lipinski definition) is 5. The minimum atomic E-state index is 0.422. The van der Waals surface area contributed by atoms with Crippen molar-refractivity contribution in [1.82, 2.24) is 0 Å². The Balaban J connectivity index is 2.54. The van der Waals surface area contributed by atoms with E-state index in [4.69, 9.17) is 23.7 Å². The molecule has 0 heterocycles. The Morgan fingerprint density at radius 3 is 1.71 bits per heavy atom. The normalized spacial score (nSPS) is 9.90. The van der Waals surface area contributed by atoms with Crippen molar-refractivity contribution in [2.24, 2.45) is 0 Å². The van der Waals surface area contributed by atoms with Crippen LogP contribution in [-0.4, -0.2) is 28.4 Å². The van der Waals surface area contributed by atoms with Gasteiger partial charge in [0.15, 0.2) is 11.5 Å². The second-order valence-electron chi connectivity index (χ2n) is 4.09. The molecule has 5 nitrogen and oxygen atoms in total. The van der Waals surface area contributed by atoms with Gasteiger partial charge in [-0.05, 0) is 12.1 Å². The highest BCUT2D eigenvalue weighted by atomic mass is 16.6. The number of para-hydroxylation sites is 1. The van der Waals surface area contributed by atoms with Gasteiger partial charge in [0.2, 0.25) is 17.2 Å². The van der Waals surface area contributed by atoms with Crippen LogP contribution in [0.5, 0.6) is 34.5 Å². The van der Waals surface area contributed by atoms with Gasteiger partial charge in [-0.1, -0.05) is 18.2 Å². The molecule has 2 aromatic carbocycles. The van der Waals surface area contributed by atoms with Gasteiger partial charge in [0, 0.05) is 6.07 Å². The molecule has 0 spiro atoms. The minimum absolute atomic E-state index is 0.422. The summed E-state index contributed by atoms with van der Waals surface area (Å²) >= 11 is 0. The molecule has 0 amide bonds. The minimum Gasteiger partial charge on any atom is -0.493 e. The Morgan fingerprint density at radius 2 is 1.19 bits per heavy atom. The lowest BCUT2D eigenvalue weighted by atomic mass is 10.2. The topological polar surface area (TPSA) is 46.2 Å². The van der Waals surface area contributed by atoms with Gasteiger partial charge in [0.05, 0.1) is 28.4 Å². The molecule has 0 aliphatic heterocycles. The molecule has 0 atom stereocenters. The van der Waals surface area contributed by atoms with Crippen molar-refractivity contribution in [2.75, 3.05) is 28.4 Å². The number of hydrogen-bond donors (Lipinski definition) is 0. The Morgan fingerprint density at radius 1 is 0.619 bits per heavy atom. The summed E-state index contributed by atoms with van der Waals surface area (Å²) in [5, 5.41) is 0. The van der Waals surface area contributed by atoms with Crippen LogP contribution in [0.25, 0.3) is 0 Å². The second-order valence-corrected chi connectivity index (χ2v) is 4.09. The molecule has 0 N–H and O–H groups in total. The summed E-state index contributed by atoms with van der Waals surface area (Å²) in [6, 6.07) is 11.1. The molecule has 0 saturated heterocycles. The van der Waals surface area contributed by atoms with Crippen LogP contribution >= 0.6 is 0 Å². The summed E-state index contributed by atoms with van der Waals surface area (Å²) in [5.74, 6) is 2.99. The first-order valence-corrected chi connectivity index (χ1v) is 6.35. The van der Waals surface area contributed by atoms with Gasteiger partial charge in [-0.3, -0.25) is 0 Å². The van der Waals surface area contributed by atoms with Crippen molar-refractivity contribution in [1.29, 1.82) is 0 Å². The molecule has 0 fully saturated rings. The van der Waals surface area contributed by atoms with E-state index in [1.165, 1.54) is 14.2 Å². The zero-order valence-electron chi connectivity index (χ0n) is 12.5. The van der Waals surface area contributed by atoms with Crippen LogP contribution in [0.4, 0.5) is 0 Å². The molecule has 0 bridgehead atoms. The Labute approximate surface area is 124 Å². The maximum atomic E-state index is 5.84. The van der Waals surface area contributed by atoms with E-state index in [0.717, 1.165) is 0 Å². The van der Waals surface area contributed by atoms with E-state index in [0.29, 0.717) is 34.5 Å². The maximum absolute atomic E-state index is 5.84. The first-order chi connectivity index (χ1) is 10.2. The van der Waals surface area contributed by atoms with Gasteiger partial charge in [-0.15, -0.1) is 0 Å². The summed E-state index contributed by atoms with van der Waals surface area (Å²) in [5.41, 5.74) is 0. The maximum Gasteiger partial charge on any atom is 0.211 e. The van der Waals surface area contributed by atoms with Crippen LogP contribution < -0.4 is 23.7 Å². The summed E-state index contributed by atoms with van der Waals surface area (Å²) in [7, 11) is 6.17. The fourth-order valence-electron chi connectivity index (χ4n) is 1.99. The fourth-order valence-corrected chi connectivity index (χ4v) is 1.99. The van der Waals surface area contributed by atoms with E-state index in [1.807, 2.05) is 30.3 Å². The van der Waals surface area contributed by atoms with E-state index >= 15 is 0 Å². The molecule has 2 rings (SSSR count). The molecular weight excluding hydrogens is 272 g/mol. The van der Waals surface area contributed by atoms with Crippen molar-refractivity contribution >= 4 is 0 Å². The average Bonchev–Trinajstić information content (AvgIpc) is 2.54. The molecule has 0 radical (unpaired) electrons. The Kier molecular flexibility index (Phi) is 4.77. The number of ether oxygens (including phenoxy) is 5. The number of rotatable bonds is 6. The summed E-state index contributed by atoms with van der Waals surface area (Å²) in [4.78, 5) is 0. The third-order valence-corrected chi connectivity index (χ3v) is 2.93. The van der Waals surface area contributed by atoms with Crippen LogP contribution in [0.2, 0.25) is 0 Å². The first kappa shape index (κ1) is 14.8. The number of methoxy groups -OCH3 is 4. The van der Waals surface area contributed by atoms with Crippen LogP contribution in [0.3, 0.4) is 0 Å². The summed E-state index contributed by atoms with van der Waals surface area (Å²) < 4.78 is 27.2. The largest absolute Gasteiger partial charge is 0.493 e. The highest BCUT2D eigenvalue weighted by molar-refractivity contribution is 5.66. The molecule has 0 aromatic heterocycles. The highest BCUT2D eigenvalue weighted by Crippen LogP contribution is 2.50. The Bertz CT molecular complexity index is 595. The smallest absolute Gasteiger partial charge is 0.211 e. The molecule has 0 aliphatic carbocycles. The van der Waals surface area contributed by atoms with E-state index in [-0.39, 0.29) is 0 Å². The SMILES string of the molecule is COc1cc(Oc2ccccc2)c(OC)c(OC)c1OC. The average molecular weight is 290 g/mol. The third kappa shape index (κ3) is 2.97. The van der Waals surface area contributed by atoms with Crippen molar-refractivity contribution in [3.8, 4) is 34.5 Å². The molecular formula is C16H18O5. The lowest BCUT2D eigenvalue weighted by Gasteiger charge is -2.18. The van der Waals surface area contributed by atoms with Crippen LogP contribution in [-0.2, 0) is 0 Å². The van der Waals surface area contributed by atoms with Crippen molar-refractivity contribution in [3.05, 3.63) is 36.4 Å². The van der Waals surface area contributed by atoms with E-state index in [1.54, 1.807) is 20.3 Å². The molecule has 0 unspecified atom stereocenters. The van der Waals surface area contributed by atoms with Crippen molar-refractivity contribution in [3.63, 3.8) is 0 Å². The third-order valence-electron chi connectivity index (χ3n) is 2.93. The first-order valence-electron chi connectivity index (χ1n) is 6.35. The molecule has 0 aliphatic rings. The van der Waals surface area contributed by atoms with Gasteiger partial charge in [-0.2, -0.15) is 0 Å². The molecule has 2 aromatic rings. The van der Waals surface area contributed by atoms with Gasteiger partial charge in [0.25, 0.3) is 0 Å². The summed E-state index contributed by atoms with van der Waals surface area (Å²) in [6.45, 7) is 0. The van der Waals surface area contributed by atoms with Gasteiger partial charge in [-0.25, -0.2) is 0 Å². The Hall–Kier alpha value is -2.56. The molecule has 5 heteroatoms. The van der Waals surface area contributed by atoms with Gasteiger partial charge >= 0.3 is 0 Å². The van der Waals surface area contributed by atoms with Gasteiger partial charge in [0.1, 0.15) is 5.75 Å². The van der Waals surface area contributed by atoms with E-state index < -0.39 is 0 Å². The standard InChI is InChI=1S/C16H18O5/c1-17-12-10-13(21-11-8-6-5-7-9-11)15(19-3)16(20-4)14(12)18-2/h5-10H,1-4H3. The lowest BCUT2D eigenvalue weighted by molar-refractivity contribution is 0.296.